The highest BCUT2D eigenvalue weighted by molar-refractivity contribution is 9.10. The van der Waals surface area contributed by atoms with Crippen LogP contribution in [0.4, 0.5) is 0 Å². The molecule has 1 atom stereocenters. The monoisotopic (exact) mass is 327 g/mol. The van der Waals surface area contributed by atoms with Crippen molar-refractivity contribution in [2.45, 2.75) is 44.6 Å². The molecule has 2 rings (SSSR count). The van der Waals surface area contributed by atoms with E-state index < -0.39 is 12.0 Å². The Bertz CT molecular complexity index is 502. The van der Waals surface area contributed by atoms with Crippen LogP contribution in [0.2, 0.25) is 0 Å². The highest BCUT2D eigenvalue weighted by Gasteiger charge is 2.22. The van der Waals surface area contributed by atoms with Crippen molar-refractivity contribution in [1.82, 2.24) is 0 Å². The van der Waals surface area contributed by atoms with Gasteiger partial charge in [0.25, 0.3) is 0 Å². The average molecular weight is 328 g/mol. The Morgan fingerprint density at radius 2 is 2.05 bits per heavy atom. The van der Waals surface area contributed by atoms with E-state index in [0.717, 1.165) is 37.7 Å². The van der Waals surface area contributed by atoms with Crippen LogP contribution in [0.15, 0.2) is 10.5 Å². The summed E-state index contributed by atoms with van der Waals surface area (Å²) in [5.74, 6) is -0.904. The molecule has 104 valence electrons. The van der Waals surface area contributed by atoms with Crippen LogP contribution in [-0.4, -0.2) is 22.2 Å². The third kappa shape index (κ3) is 3.09. The Kier molecular flexibility index (Phi) is 4.47. The van der Waals surface area contributed by atoms with E-state index in [-0.39, 0.29) is 12.2 Å². The molecule has 0 saturated carbocycles. The average Bonchev–Trinajstić information content (AvgIpc) is 2.59. The van der Waals surface area contributed by atoms with E-state index in [1.165, 1.54) is 5.56 Å². The molecule has 0 amide bonds. The van der Waals surface area contributed by atoms with Gasteiger partial charge in [0.15, 0.2) is 0 Å². The van der Waals surface area contributed by atoms with E-state index in [9.17, 15) is 9.90 Å². The summed E-state index contributed by atoms with van der Waals surface area (Å²) in [6.45, 7) is 0. The molecule has 19 heavy (non-hydrogen) atoms. The van der Waals surface area contributed by atoms with Gasteiger partial charge < -0.3 is 15.9 Å². The Labute approximate surface area is 120 Å². The molecule has 0 bridgehead atoms. The third-order valence-electron chi connectivity index (χ3n) is 3.68. The normalized spacial score (nSPS) is 16.5. The van der Waals surface area contributed by atoms with Crippen LogP contribution >= 0.6 is 15.9 Å². The van der Waals surface area contributed by atoms with Crippen molar-refractivity contribution in [1.29, 1.82) is 0 Å². The molecule has 0 heterocycles. The van der Waals surface area contributed by atoms with E-state index in [2.05, 4.69) is 15.9 Å². The van der Waals surface area contributed by atoms with Gasteiger partial charge in [-0.15, -0.1) is 0 Å². The van der Waals surface area contributed by atoms with Gasteiger partial charge >= 0.3 is 5.97 Å². The van der Waals surface area contributed by atoms with Crippen molar-refractivity contribution in [2.24, 2.45) is 5.73 Å². The smallest absolute Gasteiger partial charge is 0.320 e. The van der Waals surface area contributed by atoms with Crippen molar-refractivity contribution < 1.29 is 15.0 Å². The molecule has 0 fully saturated rings. The lowest BCUT2D eigenvalue weighted by atomic mass is 9.92. The molecular weight excluding hydrogens is 310 g/mol. The second-order valence-electron chi connectivity index (χ2n) is 5.03. The number of aryl methyl sites for hydroxylation is 1. The maximum absolute atomic E-state index is 10.9. The minimum atomic E-state index is -1.04. The fourth-order valence-electron chi connectivity index (χ4n) is 2.64. The second-order valence-corrected chi connectivity index (χ2v) is 5.89. The van der Waals surface area contributed by atoms with E-state index in [1.807, 2.05) is 6.07 Å². The van der Waals surface area contributed by atoms with Crippen LogP contribution < -0.4 is 5.73 Å². The number of carboxylic acids is 1. The molecule has 0 spiro atoms. The third-order valence-corrected chi connectivity index (χ3v) is 4.28. The number of aliphatic carboxylic acids is 1. The fourth-order valence-corrected chi connectivity index (χ4v) is 3.16. The van der Waals surface area contributed by atoms with Gasteiger partial charge in [-0.1, -0.05) is 6.42 Å². The molecule has 5 heteroatoms. The minimum absolute atomic E-state index is 0.136. The van der Waals surface area contributed by atoms with Gasteiger partial charge in [0, 0.05) is 12.0 Å². The van der Waals surface area contributed by atoms with Gasteiger partial charge in [0.05, 0.1) is 4.47 Å². The first-order valence-corrected chi connectivity index (χ1v) is 7.30. The molecular formula is C14H18BrNO3. The van der Waals surface area contributed by atoms with Crippen LogP contribution in [0.1, 0.15) is 36.0 Å². The molecule has 1 aliphatic rings. The predicted octanol–water partition coefficient (Wildman–Crippen LogP) is 2.38. The quantitative estimate of drug-likeness (QED) is 0.744. The molecule has 0 radical (unpaired) electrons. The Hall–Kier alpha value is -1.07. The number of halogens is 1. The summed E-state index contributed by atoms with van der Waals surface area (Å²) < 4.78 is 0.626. The molecule has 1 unspecified atom stereocenters. The van der Waals surface area contributed by atoms with E-state index >= 15 is 0 Å². The number of rotatable bonds is 3. The maximum Gasteiger partial charge on any atom is 0.320 e. The summed E-state index contributed by atoms with van der Waals surface area (Å²) in [6, 6.07) is 0.971. The van der Waals surface area contributed by atoms with E-state index in [1.54, 1.807) is 0 Å². The van der Waals surface area contributed by atoms with Crippen LogP contribution in [0, 0.1) is 0 Å². The number of aromatic hydroxyl groups is 1. The van der Waals surface area contributed by atoms with Crippen LogP contribution in [0.5, 0.6) is 5.75 Å². The lowest BCUT2D eigenvalue weighted by Crippen LogP contribution is -2.32. The van der Waals surface area contributed by atoms with Crippen molar-refractivity contribution >= 4 is 21.9 Å². The second kappa shape index (κ2) is 5.92. The summed E-state index contributed by atoms with van der Waals surface area (Å²) in [6.07, 6.45) is 5.40. The molecule has 1 aromatic carbocycles. The molecule has 4 N–H and O–H groups in total. The topological polar surface area (TPSA) is 83.5 Å². The van der Waals surface area contributed by atoms with Gasteiger partial charge in [-0.3, -0.25) is 4.79 Å². The first-order valence-electron chi connectivity index (χ1n) is 6.51. The zero-order valence-corrected chi connectivity index (χ0v) is 12.2. The standard InChI is InChI=1S/C14H18BrNO3/c15-11-6-8-4-2-1-3-5-9(8)10(13(11)17)7-12(16)14(18)19/h6,12,17H,1-5,7,16H2,(H,18,19). The molecule has 4 nitrogen and oxygen atoms in total. The SMILES string of the molecule is NC(Cc1c(O)c(Br)cc2c1CCCCC2)C(=O)O. The zero-order chi connectivity index (χ0) is 14.0. The first-order chi connectivity index (χ1) is 9.00. The summed E-state index contributed by atoms with van der Waals surface area (Å²) >= 11 is 3.34. The number of phenols is 1. The molecule has 1 aromatic rings. The van der Waals surface area contributed by atoms with E-state index in [4.69, 9.17) is 10.8 Å². The number of hydrogen-bond acceptors (Lipinski definition) is 3. The van der Waals surface area contributed by atoms with E-state index in [0.29, 0.717) is 10.0 Å². The largest absolute Gasteiger partial charge is 0.506 e. The van der Waals surface area contributed by atoms with Crippen molar-refractivity contribution in [3.05, 3.63) is 27.2 Å². The minimum Gasteiger partial charge on any atom is -0.506 e. The fraction of sp³-hybridized carbons (Fsp3) is 0.500. The van der Waals surface area contributed by atoms with Gasteiger partial charge in [-0.05, 0) is 58.8 Å². The van der Waals surface area contributed by atoms with Gasteiger partial charge in [-0.25, -0.2) is 0 Å². The summed E-state index contributed by atoms with van der Waals surface area (Å²) in [4.78, 5) is 10.9. The molecule has 0 saturated heterocycles. The van der Waals surface area contributed by atoms with Gasteiger partial charge in [-0.2, -0.15) is 0 Å². The Morgan fingerprint density at radius 3 is 2.74 bits per heavy atom. The zero-order valence-electron chi connectivity index (χ0n) is 10.7. The molecule has 1 aliphatic carbocycles. The predicted molar refractivity (Wildman–Crippen MR) is 76.4 cm³/mol. The lowest BCUT2D eigenvalue weighted by molar-refractivity contribution is -0.138. The Morgan fingerprint density at radius 1 is 1.37 bits per heavy atom. The van der Waals surface area contributed by atoms with Crippen molar-refractivity contribution in [3.8, 4) is 5.75 Å². The van der Waals surface area contributed by atoms with Crippen molar-refractivity contribution in [3.63, 3.8) is 0 Å². The number of hydrogen-bond donors (Lipinski definition) is 3. The number of benzene rings is 1. The van der Waals surface area contributed by atoms with Gasteiger partial charge in [0.2, 0.25) is 0 Å². The first kappa shape index (κ1) is 14.3. The van der Waals surface area contributed by atoms with Crippen LogP contribution in [0.3, 0.4) is 0 Å². The van der Waals surface area contributed by atoms with Crippen LogP contribution in [0.25, 0.3) is 0 Å². The Balaban J connectivity index is 2.45. The number of carboxylic acid groups (broad SMARTS) is 1. The lowest BCUT2D eigenvalue weighted by Gasteiger charge is -2.17. The van der Waals surface area contributed by atoms with Gasteiger partial charge in [0.1, 0.15) is 11.8 Å². The highest BCUT2D eigenvalue weighted by atomic mass is 79.9. The highest BCUT2D eigenvalue weighted by Crippen LogP contribution is 2.36. The van der Waals surface area contributed by atoms with Crippen molar-refractivity contribution in [2.75, 3.05) is 0 Å². The summed E-state index contributed by atoms with van der Waals surface area (Å²) in [5.41, 5.74) is 8.61. The number of nitrogens with two attached hydrogens (primary N) is 1. The summed E-state index contributed by atoms with van der Waals surface area (Å²) in [7, 11) is 0. The molecule has 0 aliphatic heterocycles. The number of carbonyl (C=O) groups is 1. The maximum atomic E-state index is 10.9. The number of phenolic OH excluding ortho intramolecular Hbond substituents is 1. The van der Waals surface area contributed by atoms with Crippen LogP contribution in [-0.2, 0) is 24.1 Å². The summed E-state index contributed by atoms with van der Waals surface area (Å²) in [5, 5.41) is 19.1. The number of fused-ring (bicyclic) bond motifs is 1. The molecule has 0 aromatic heterocycles.